The molecular weight excluding hydrogens is 256 g/mol. The van der Waals surface area contributed by atoms with Crippen LogP contribution in [0.1, 0.15) is 13.8 Å². The van der Waals surface area contributed by atoms with Crippen LogP contribution >= 0.6 is 0 Å². The van der Waals surface area contributed by atoms with Crippen molar-refractivity contribution in [2.45, 2.75) is 32.2 Å². The SMILES string of the molecule is CC(=O)OCC1=C(C=O)[C@@H](OC(C)=O)[C@@H]2O[C@@H]2C1=O. The molecule has 0 bridgehead atoms. The highest BCUT2D eigenvalue weighted by atomic mass is 16.6. The van der Waals surface area contributed by atoms with Gasteiger partial charge in [-0.25, -0.2) is 0 Å². The lowest BCUT2D eigenvalue weighted by Crippen LogP contribution is -2.37. The molecule has 1 aliphatic carbocycles. The first-order valence-corrected chi connectivity index (χ1v) is 5.64. The van der Waals surface area contributed by atoms with Crippen molar-refractivity contribution in [3.8, 4) is 0 Å². The van der Waals surface area contributed by atoms with Crippen molar-refractivity contribution >= 4 is 24.0 Å². The van der Waals surface area contributed by atoms with E-state index in [0.717, 1.165) is 0 Å². The molecule has 0 spiro atoms. The van der Waals surface area contributed by atoms with Gasteiger partial charge in [-0.3, -0.25) is 19.2 Å². The van der Waals surface area contributed by atoms with Gasteiger partial charge in [0.15, 0.2) is 18.0 Å². The van der Waals surface area contributed by atoms with E-state index in [1.807, 2.05) is 0 Å². The summed E-state index contributed by atoms with van der Waals surface area (Å²) in [6.45, 7) is 2.06. The Balaban J connectivity index is 2.29. The van der Waals surface area contributed by atoms with Gasteiger partial charge < -0.3 is 14.2 Å². The van der Waals surface area contributed by atoms with Gasteiger partial charge in [-0.15, -0.1) is 0 Å². The summed E-state index contributed by atoms with van der Waals surface area (Å²) in [5.74, 6) is -1.56. The maximum absolute atomic E-state index is 11.9. The minimum absolute atomic E-state index is 0.000185. The number of fused-ring (bicyclic) bond motifs is 1. The Morgan fingerprint density at radius 1 is 1.32 bits per heavy atom. The summed E-state index contributed by atoms with van der Waals surface area (Å²) in [5, 5.41) is 0. The first-order chi connectivity index (χ1) is 8.95. The molecule has 0 radical (unpaired) electrons. The predicted octanol–water partition coefficient (Wildman–Crippen LogP) is -0.673. The summed E-state index contributed by atoms with van der Waals surface area (Å²) < 4.78 is 14.8. The van der Waals surface area contributed by atoms with E-state index in [4.69, 9.17) is 14.2 Å². The number of aldehydes is 1. The second kappa shape index (κ2) is 4.93. The Labute approximate surface area is 108 Å². The van der Waals surface area contributed by atoms with E-state index >= 15 is 0 Å². The molecule has 0 unspecified atom stereocenters. The Hall–Kier alpha value is -2.02. The van der Waals surface area contributed by atoms with Gasteiger partial charge in [-0.1, -0.05) is 0 Å². The van der Waals surface area contributed by atoms with Crippen molar-refractivity contribution in [2.75, 3.05) is 6.61 Å². The average Bonchev–Trinajstić information content (AvgIpc) is 3.10. The quantitative estimate of drug-likeness (QED) is 0.378. The molecule has 0 aromatic rings. The molecule has 0 N–H and O–H groups in total. The normalized spacial score (nSPS) is 28.5. The minimum atomic E-state index is -0.914. The second-order valence-electron chi connectivity index (χ2n) is 4.25. The van der Waals surface area contributed by atoms with Crippen LogP contribution in [0.4, 0.5) is 0 Å². The molecule has 1 heterocycles. The third-order valence-corrected chi connectivity index (χ3v) is 2.87. The fourth-order valence-corrected chi connectivity index (χ4v) is 2.00. The van der Waals surface area contributed by atoms with Crippen molar-refractivity contribution < 1.29 is 33.4 Å². The molecule has 19 heavy (non-hydrogen) atoms. The molecular formula is C12H12O7. The van der Waals surface area contributed by atoms with Gasteiger partial charge in [-0.05, 0) is 0 Å². The molecule has 0 aromatic carbocycles. The molecule has 102 valence electrons. The molecule has 2 aliphatic rings. The molecule has 2 rings (SSSR count). The number of Topliss-reactive ketones (excluding diaryl/α,β-unsaturated/α-hetero) is 1. The maximum Gasteiger partial charge on any atom is 0.303 e. The summed E-state index contributed by atoms with van der Waals surface area (Å²) in [6, 6.07) is 0. The standard InChI is InChI=1S/C12H12O7/c1-5(14)17-4-8-7(3-13)10(18-6(2)15)12-11(19-12)9(8)16/h3,10-12H,4H2,1-2H3/t10-,11-,12+/m1/s1. The van der Waals surface area contributed by atoms with E-state index in [9.17, 15) is 19.2 Å². The van der Waals surface area contributed by atoms with Gasteiger partial charge in [0.05, 0.1) is 0 Å². The highest BCUT2D eigenvalue weighted by Crippen LogP contribution is 2.39. The van der Waals surface area contributed by atoms with E-state index in [1.54, 1.807) is 0 Å². The van der Waals surface area contributed by atoms with E-state index in [0.29, 0.717) is 6.29 Å². The summed E-state index contributed by atoms with van der Waals surface area (Å²) in [7, 11) is 0. The van der Waals surface area contributed by atoms with Gasteiger partial charge in [0.1, 0.15) is 19.0 Å². The van der Waals surface area contributed by atoms with Crippen LogP contribution in [-0.4, -0.2) is 48.9 Å². The van der Waals surface area contributed by atoms with Crippen LogP contribution in [0.3, 0.4) is 0 Å². The van der Waals surface area contributed by atoms with Crippen LogP contribution in [0.25, 0.3) is 0 Å². The Kier molecular flexibility index (Phi) is 3.48. The zero-order valence-corrected chi connectivity index (χ0v) is 10.4. The number of rotatable bonds is 4. The van der Waals surface area contributed by atoms with Crippen LogP contribution in [-0.2, 0) is 33.4 Å². The molecule has 7 nitrogen and oxygen atoms in total. The maximum atomic E-state index is 11.9. The summed E-state index contributed by atoms with van der Waals surface area (Å²) >= 11 is 0. The molecule has 7 heteroatoms. The van der Waals surface area contributed by atoms with Crippen LogP contribution in [0.2, 0.25) is 0 Å². The summed E-state index contributed by atoms with van der Waals surface area (Å²) in [6.07, 6.45) is -1.82. The summed E-state index contributed by atoms with van der Waals surface area (Å²) in [4.78, 5) is 44.8. The van der Waals surface area contributed by atoms with Crippen molar-refractivity contribution in [3.63, 3.8) is 0 Å². The van der Waals surface area contributed by atoms with Gasteiger partial charge in [0, 0.05) is 25.0 Å². The fraction of sp³-hybridized carbons (Fsp3) is 0.500. The predicted molar refractivity (Wildman–Crippen MR) is 58.9 cm³/mol. The first kappa shape index (κ1) is 13.4. The molecule has 0 amide bonds. The lowest BCUT2D eigenvalue weighted by Gasteiger charge is -2.21. The molecule has 0 aromatic heterocycles. The van der Waals surface area contributed by atoms with E-state index in [-0.39, 0.29) is 17.8 Å². The largest absolute Gasteiger partial charge is 0.461 e. The molecule has 1 aliphatic heterocycles. The number of hydrogen-bond acceptors (Lipinski definition) is 7. The monoisotopic (exact) mass is 268 g/mol. The molecule has 3 atom stereocenters. The molecule has 1 saturated heterocycles. The smallest absolute Gasteiger partial charge is 0.303 e. The number of esters is 2. The van der Waals surface area contributed by atoms with E-state index in [2.05, 4.69) is 0 Å². The highest BCUT2D eigenvalue weighted by molar-refractivity contribution is 6.07. The summed E-state index contributed by atoms with van der Waals surface area (Å²) in [5.41, 5.74) is 0.0235. The zero-order chi connectivity index (χ0) is 14.2. The molecule has 1 fully saturated rings. The first-order valence-electron chi connectivity index (χ1n) is 5.64. The number of ether oxygens (including phenoxy) is 3. The Morgan fingerprint density at radius 2 is 2.00 bits per heavy atom. The number of epoxide rings is 1. The number of ketones is 1. The topological polar surface area (TPSA) is 99.3 Å². The van der Waals surface area contributed by atoms with Crippen LogP contribution in [0, 0.1) is 0 Å². The van der Waals surface area contributed by atoms with Crippen LogP contribution in [0.15, 0.2) is 11.1 Å². The van der Waals surface area contributed by atoms with Crippen molar-refractivity contribution in [1.82, 2.24) is 0 Å². The average molecular weight is 268 g/mol. The third-order valence-electron chi connectivity index (χ3n) is 2.87. The van der Waals surface area contributed by atoms with Crippen molar-refractivity contribution in [1.29, 1.82) is 0 Å². The lowest BCUT2D eigenvalue weighted by molar-refractivity contribution is -0.146. The lowest BCUT2D eigenvalue weighted by atomic mass is 9.89. The van der Waals surface area contributed by atoms with E-state index in [1.165, 1.54) is 13.8 Å². The van der Waals surface area contributed by atoms with Gasteiger partial charge >= 0.3 is 11.9 Å². The number of carbonyl (C=O) groups is 4. The van der Waals surface area contributed by atoms with Crippen LogP contribution in [0.5, 0.6) is 0 Å². The molecule has 0 saturated carbocycles. The van der Waals surface area contributed by atoms with Gasteiger partial charge in [0.2, 0.25) is 0 Å². The van der Waals surface area contributed by atoms with Gasteiger partial charge in [0.25, 0.3) is 0 Å². The number of carbonyl (C=O) groups excluding carboxylic acids is 4. The third kappa shape index (κ3) is 2.55. The minimum Gasteiger partial charge on any atom is -0.461 e. The van der Waals surface area contributed by atoms with Crippen LogP contribution < -0.4 is 0 Å². The fourth-order valence-electron chi connectivity index (χ4n) is 2.00. The van der Waals surface area contributed by atoms with Crippen molar-refractivity contribution in [3.05, 3.63) is 11.1 Å². The second-order valence-corrected chi connectivity index (χ2v) is 4.25. The van der Waals surface area contributed by atoms with E-state index < -0.39 is 36.0 Å². The Morgan fingerprint density at radius 3 is 2.53 bits per heavy atom. The Bertz CT molecular complexity index is 490. The van der Waals surface area contributed by atoms with Gasteiger partial charge in [-0.2, -0.15) is 0 Å². The number of hydrogen-bond donors (Lipinski definition) is 0. The zero-order valence-electron chi connectivity index (χ0n) is 10.4. The van der Waals surface area contributed by atoms with Crippen molar-refractivity contribution in [2.24, 2.45) is 0 Å². The highest BCUT2D eigenvalue weighted by Gasteiger charge is 2.57.